The van der Waals surface area contributed by atoms with Gasteiger partial charge in [0.05, 0.1) is 6.61 Å². The van der Waals surface area contributed by atoms with Crippen LogP contribution in [0.15, 0.2) is 6.07 Å². The van der Waals surface area contributed by atoms with Crippen molar-refractivity contribution < 1.29 is 9.90 Å². The lowest BCUT2D eigenvalue weighted by atomic mass is 9.72. The molecule has 25 heavy (non-hydrogen) atoms. The normalized spacial score (nSPS) is 20.2. The number of carbonyl (C=O) groups is 1. The molecule has 2 aliphatic rings. The van der Waals surface area contributed by atoms with Gasteiger partial charge in [-0.05, 0) is 31.6 Å². The summed E-state index contributed by atoms with van der Waals surface area (Å²) in [5.41, 5.74) is 1.18. The van der Waals surface area contributed by atoms with Crippen molar-refractivity contribution in [3.05, 3.63) is 11.8 Å². The van der Waals surface area contributed by atoms with E-state index in [2.05, 4.69) is 14.9 Å². The van der Waals surface area contributed by atoms with Gasteiger partial charge in [0, 0.05) is 58.5 Å². The number of likely N-dealkylation sites (tertiary alicyclic amines) is 1. The number of aliphatic hydroxyl groups excluding tert-OH is 1. The zero-order chi connectivity index (χ0) is 18.0. The number of aromatic nitrogens is 2. The lowest BCUT2D eigenvalue weighted by Gasteiger charge is -2.47. The van der Waals surface area contributed by atoms with E-state index in [-0.39, 0.29) is 17.9 Å². The Morgan fingerprint density at radius 2 is 1.96 bits per heavy atom. The summed E-state index contributed by atoms with van der Waals surface area (Å²) in [5, 5.41) is 9.19. The Labute approximate surface area is 149 Å². The Bertz CT molecular complexity index is 626. The molecule has 0 aliphatic carbocycles. The van der Waals surface area contributed by atoms with Crippen LogP contribution in [-0.2, 0) is 4.79 Å². The lowest BCUT2D eigenvalue weighted by Crippen LogP contribution is -2.52. The number of aryl methyl sites for hydroxylation is 1. The van der Waals surface area contributed by atoms with Crippen LogP contribution >= 0.6 is 0 Å². The molecule has 2 saturated heterocycles. The lowest BCUT2D eigenvalue weighted by molar-refractivity contribution is -0.138. The van der Waals surface area contributed by atoms with E-state index in [4.69, 9.17) is 0 Å². The number of anilines is 2. The van der Waals surface area contributed by atoms with E-state index in [1.165, 1.54) is 0 Å². The van der Waals surface area contributed by atoms with Crippen molar-refractivity contribution in [3.8, 4) is 0 Å². The number of nitrogens with zero attached hydrogens (tertiary/aromatic N) is 5. The second-order valence-corrected chi connectivity index (χ2v) is 7.59. The molecule has 0 atom stereocenters. The molecule has 1 aromatic heterocycles. The third-order valence-corrected chi connectivity index (χ3v) is 5.50. The summed E-state index contributed by atoms with van der Waals surface area (Å²) in [5.74, 6) is 1.92. The highest BCUT2D eigenvalue weighted by Crippen LogP contribution is 2.41. The molecule has 0 unspecified atom stereocenters. The number of piperidine rings is 2. The molecule has 1 amide bonds. The van der Waals surface area contributed by atoms with Gasteiger partial charge in [-0.3, -0.25) is 4.79 Å². The third-order valence-electron chi connectivity index (χ3n) is 5.50. The highest BCUT2D eigenvalue weighted by Gasteiger charge is 2.41. The van der Waals surface area contributed by atoms with Crippen LogP contribution in [0.5, 0.6) is 0 Å². The zero-order valence-corrected chi connectivity index (χ0v) is 15.5. The minimum absolute atomic E-state index is 0.0431. The van der Waals surface area contributed by atoms with Crippen LogP contribution in [0.2, 0.25) is 0 Å². The summed E-state index contributed by atoms with van der Waals surface area (Å²) < 4.78 is 0. The van der Waals surface area contributed by atoms with Gasteiger partial charge in [0.2, 0.25) is 11.9 Å². The highest BCUT2D eigenvalue weighted by molar-refractivity contribution is 5.77. The first-order valence-corrected chi connectivity index (χ1v) is 9.09. The van der Waals surface area contributed by atoms with E-state index in [1.807, 2.05) is 36.9 Å². The molecule has 7 heteroatoms. The maximum Gasteiger partial charge on any atom is 0.226 e. The van der Waals surface area contributed by atoms with Crippen molar-refractivity contribution in [1.82, 2.24) is 14.9 Å². The maximum atomic E-state index is 12.0. The van der Waals surface area contributed by atoms with Gasteiger partial charge in [-0.15, -0.1) is 0 Å². The van der Waals surface area contributed by atoms with Crippen LogP contribution in [0, 0.1) is 12.3 Å². The van der Waals surface area contributed by atoms with Gasteiger partial charge in [-0.2, -0.15) is 4.98 Å². The van der Waals surface area contributed by atoms with Gasteiger partial charge in [-0.1, -0.05) is 0 Å². The minimum Gasteiger partial charge on any atom is -0.395 e. The molecule has 1 aromatic rings. The fourth-order valence-corrected chi connectivity index (χ4v) is 3.94. The molecule has 1 N–H and O–H groups in total. The molecule has 1 spiro atoms. The van der Waals surface area contributed by atoms with E-state index in [0.29, 0.717) is 13.0 Å². The number of hydrogen-bond donors (Lipinski definition) is 1. The Morgan fingerprint density at radius 3 is 2.60 bits per heavy atom. The van der Waals surface area contributed by atoms with Crippen molar-refractivity contribution in [3.63, 3.8) is 0 Å². The van der Waals surface area contributed by atoms with Crippen molar-refractivity contribution >= 4 is 17.7 Å². The standard InChI is InChI=1S/C18H29N5O2/c1-14-12-15(20-17(19-14)21(2)3)22-8-6-18(7-9-22)5-4-16(25)23(13-18)10-11-24/h12,24H,4-11,13H2,1-3H3. The van der Waals surface area contributed by atoms with Gasteiger partial charge in [0.25, 0.3) is 0 Å². The molecule has 0 saturated carbocycles. The summed E-state index contributed by atoms with van der Waals surface area (Å²) in [6.45, 7) is 5.19. The average molecular weight is 347 g/mol. The van der Waals surface area contributed by atoms with Crippen LogP contribution < -0.4 is 9.80 Å². The molecule has 138 valence electrons. The van der Waals surface area contributed by atoms with Crippen molar-refractivity contribution in [2.45, 2.75) is 32.6 Å². The number of aliphatic hydroxyl groups is 1. The molecule has 3 heterocycles. The Balaban J connectivity index is 1.69. The van der Waals surface area contributed by atoms with Gasteiger partial charge in [0.1, 0.15) is 5.82 Å². The van der Waals surface area contributed by atoms with Gasteiger partial charge in [0.15, 0.2) is 0 Å². The number of β-amino-alcohol motifs (C(OH)–C–C–N with tert-alkyl or cyclic N) is 1. The predicted octanol–water partition coefficient (Wildman–Crippen LogP) is 1.05. The summed E-state index contributed by atoms with van der Waals surface area (Å²) in [6.07, 6.45) is 3.69. The quantitative estimate of drug-likeness (QED) is 0.878. The first-order valence-electron chi connectivity index (χ1n) is 9.09. The summed E-state index contributed by atoms with van der Waals surface area (Å²) in [4.78, 5) is 27.3. The highest BCUT2D eigenvalue weighted by atomic mass is 16.3. The van der Waals surface area contributed by atoms with Crippen LogP contribution in [0.25, 0.3) is 0 Å². The zero-order valence-electron chi connectivity index (χ0n) is 15.5. The van der Waals surface area contributed by atoms with Crippen molar-refractivity contribution in [1.29, 1.82) is 0 Å². The fraction of sp³-hybridized carbons (Fsp3) is 0.722. The molecule has 2 aliphatic heterocycles. The van der Waals surface area contributed by atoms with Gasteiger partial charge in [-0.25, -0.2) is 4.98 Å². The summed E-state index contributed by atoms with van der Waals surface area (Å²) in [6, 6.07) is 2.05. The molecular weight excluding hydrogens is 318 g/mol. The maximum absolute atomic E-state index is 12.0. The first-order chi connectivity index (χ1) is 11.9. The molecule has 3 rings (SSSR count). The SMILES string of the molecule is Cc1cc(N2CCC3(CCC(=O)N(CCO)C3)CC2)nc(N(C)C)n1. The monoisotopic (exact) mass is 347 g/mol. The van der Waals surface area contributed by atoms with Crippen LogP contribution in [0.1, 0.15) is 31.4 Å². The largest absolute Gasteiger partial charge is 0.395 e. The second kappa shape index (κ2) is 7.15. The van der Waals surface area contributed by atoms with Crippen LogP contribution in [-0.4, -0.2) is 72.8 Å². The van der Waals surface area contributed by atoms with E-state index < -0.39 is 0 Å². The minimum atomic E-state index is 0.0431. The predicted molar refractivity (Wildman–Crippen MR) is 97.9 cm³/mol. The Morgan fingerprint density at radius 1 is 1.24 bits per heavy atom. The Hall–Kier alpha value is -1.89. The average Bonchev–Trinajstić information content (AvgIpc) is 2.59. The van der Waals surface area contributed by atoms with Crippen LogP contribution in [0.4, 0.5) is 11.8 Å². The van der Waals surface area contributed by atoms with E-state index in [1.54, 1.807) is 0 Å². The van der Waals surface area contributed by atoms with E-state index in [0.717, 1.165) is 56.4 Å². The van der Waals surface area contributed by atoms with Crippen LogP contribution in [0.3, 0.4) is 0 Å². The molecule has 2 fully saturated rings. The first kappa shape index (κ1) is 17.9. The number of rotatable bonds is 4. The molecule has 0 radical (unpaired) electrons. The fourth-order valence-electron chi connectivity index (χ4n) is 3.94. The van der Waals surface area contributed by atoms with Crippen molar-refractivity contribution in [2.75, 3.05) is 56.7 Å². The molecule has 0 aromatic carbocycles. The van der Waals surface area contributed by atoms with E-state index >= 15 is 0 Å². The van der Waals surface area contributed by atoms with Crippen molar-refractivity contribution in [2.24, 2.45) is 5.41 Å². The van der Waals surface area contributed by atoms with Gasteiger partial charge < -0.3 is 19.8 Å². The second-order valence-electron chi connectivity index (χ2n) is 7.59. The molecule has 0 bridgehead atoms. The van der Waals surface area contributed by atoms with E-state index in [9.17, 15) is 9.90 Å². The number of carbonyl (C=O) groups excluding carboxylic acids is 1. The summed E-state index contributed by atoms with van der Waals surface area (Å²) in [7, 11) is 3.91. The summed E-state index contributed by atoms with van der Waals surface area (Å²) >= 11 is 0. The molecular formula is C18H29N5O2. The van der Waals surface area contributed by atoms with Gasteiger partial charge >= 0.3 is 0 Å². The smallest absolute Gasteiger partial charge is 0.226 e. The molecule has 7 nitrogen and oxygen atoms in total. The number of amides is 1. The number of hydrogen-bond acceptors (Lipinski definition) is 6. The Kier molecular flexibility index (Phi) is 5.13. The topological polar surface area (TPSA) is 72.8 Å². The third kappa shape index (κ3) is 3.86.